The lowest BCUT2D eigenvalue weighted by molar-refractivity contribution is 0.127. The first-order valence-corrected chi connectivity index (χ1v) is 4.54. The molecule has 0 heterocycles. The third-order valence-corrected chi connectivity index (χ3v) is 2.37. The average Bonchev–Trinajstić information content (AvgIpc) is 1.60. The van der Waals surface area contributed by atoms with Gasteiger partial charge >= 0.3 is 0 Å². The van der Waals surface area contributed by atoms with Crippen molar-refractivity contribution in [1.82, 2.24) is 4.31 Å². The van der Waals surface area contributed by atoms with Gasteiger partial charge in [-0.15, -0.1) is 0 Å². The van der Waals surface area contributed by atoms with Gasteiger partial charge in [0.1, 0.15) is 0 Å². The molecule has 0 saturated heterocycles. The third kappa shape index (κ3) is 3.97. The molecule has 0 aromatic heterocycles. The van der Waals surface area contributed by atoms with Gasteiger partial charge in [-0.3, -0.25) is 0 Å². The zero-order valence-corrected chi connectivity index (χ0v) is 6.66. The molecule has 0 saturated carbocycles. The molecule has 0 atom stereocenters. The fraction of sp³-hybridized carbons (Fsp3) is 1.00. The lowest BCUT2D eigenvalue weighted by Gasteiger charge is -2.09. The van der Waals surface area contributed by atoms with Crippen molar-refractivity contribution in [3.63, 3.8) is 0 Å². The molecule has 0 aliphatic heterocycles. The Morgan fingerprint density at radius 3 is 2.10 bits per heavy atom. The maximum absolute atomic E-state index is 11.5. The lowest BCUT2D eigenvalue weighted by Crippen LogP contribution is -2.27. The Labute approximate surface area is 62.1 Å². The van der Waals surface area contributed by atoms with Gasteiger partial charge in [-0.25, -0.2) is 8.78 Å². The largest absolute Gasteiger partial charge is 0.299 e. The summed E-state index contributed by atoms with van der Waals surface area (Å²) in [7, 11) is 1.70. The van der Waals surface area contributed by atoms with Gasteiger partial charge in [-0.2, -0.15) is 12.7 Å². The number of hydrogen-bond donors (Lipinski definition) is 0. The third-order valence-electron chi connectivity index (χ3n) is 0.767. The normalized spacial score (nSPS) is 13.0. The molecule has 0 bridgehead atoms. The maximum Gasteiger partial charge on any atom is 0.299 e. The van der Waals surface area contributed by atoms with Gasteiger partial charge in [0.15, 0.2) is 0 Å². The molecule has 0 aromatic rings. The topological polar surface area (TPSA) is 37.4 Å². The van der Waals surface area contributed by atoms with E-state index in [0.29, 0.717) is 4.31 Å². The van der Waals surface area contributed by atoms with Crippen LogP contribution >= 0.6 is 10.7 Å². The summed E-state index contributed by atoms with van der Waals surface area (Å²) in [4.78, 5) is 0. The standard InChI is InChI=1S/C3H6ClF2NO2S/c1-7(2-3(5)6)10(4,8)9/h3H,2H2,1H3. The van der Waals surface area contributed by atoms with Crippen LogP contribution in [0.2, 0.25) is 0 Å². The number of hydrogen-bond acceptors (Lipinski definition) is 2. The SMILES string of the molecule is CN(CC(F)F)S(=O)(=O)Cl. The van der Waals surface area contributed by atoms with Gasteiger partial charge in [0.05, 0.1) is 6.54 Å². The highest BCUT2D eigenvalue weighted by molar-refractivity contribution is 8.11. The smallest absolute Gasteiger partial charge is 0.209 e. The summed E-state index contributed by atoms with van der Waals surface area (Å²) in [6, 6.07) is 0. The van der Waals surface area contributed by atoms with Gasteiger partial charge < -0.3 is 0 Å². The maximum atomic E-state index is 11.5. The van der Waals surface area contributed by atoms with E-state index >= 15 is 0 Å². The first kappa shape index (κ1) is 10.1. The summed E-state index contributed by atoms with van der Waals surface area (Å²) in [5.41, 5.74) is 0. The molecule has 0 aliphatic rings. The Morgan fingerprint density at radius 2 is 2.00 bits per heavy atom. The highest BCUT2D eigenvalue weighted by Crippen LogP contribution is 2.05. The van der Waals surface area contributed by atoms with Gasteiger partial charge in [0, 0.05) is 17.7 Å². The molecule has 7 heteroatoms. The number of halogens is 3. The van der Waals surface area contributed by atoms with E-state index in [-0.39, 0.29) is 0 Å². The first-order valence-electron chi connectivity index (χ1n) is 2.28. The van der Waals surface area contributed by atoms with Gasteiger partial charge in [0.25, 0.3) is 15.7 Å². The second kappa shape index (κ2) is 3.45. The molecular formula is C3H6ClF2NO2S. The van der Waals surface area contributed by atoms with Crippen molar-refractivity contribution in [1.29, 1.82) is 0 Å². The van der Waals surface area contributed by atoms with Crippen LogP contribution in [0.15, 0.2) is 0 Å². The predicted molar refractivity (Wildman–Crippen MR) is 33.4 cm³/mol. The van der Waals surface area contributed by atoms with Crippen molar-refractivity contribution in [2.75, 3.05) is 13.6 Å². The molecular weight excluding hydrogens is 188 g/mol. The lowest BCUT2D eigenvalue weighted by atomic mass is 10.7. The Morgan fingerprint density at radius 1 is 1.60 bits per heavy atom. The van der Waals surface area contributed by atoms with Gasteiger partial charge in [-0.1, -0.05) is 0 Å². The Balaban J connectivity index is 3.99. The van der Waals surface area contributed by atoms with E-state index < -0.39 is 22.2 Å². The van der Waals surface area contributed by atoms with Crippen LogP contribution < -0.4 is 0 Å². The molecule has 0 N–H and O–H groups in total. The van der Waals surface area contributed by atoms with Gasteiger partial charge in [0.2, 0.25) is 0 Å². The van der Waals surface area contributed by atoms with Crippen molar-refractivity contribution in [2.24, 2.45) is 0 Å². The molecule has 0 rings (SSSR count). The highest BCUT2D eigenvalue weighted by atomic mass is 35.7. The molecule has 0 amide bonds. The minimum Gasteiger partial charge on any atom is -0.209 e. The molecule has 0 fully saturated rings. The monoisotopic (exact) mass is 193 g/mol. The minimum absolute atomic E-state index is 0.374. The summed E-state index contributed by atoms with van der Waals surface area (Å²) in [5, 5.41) is 0. The average molecular weight is 194 g/mol. The van der Waals surface area contributed by atoms with Crippen LogP contribution in [0.5, 0.6) is 0 Å². The molecule has 0 spiro atoms. The van der Waals surface area contributed by atoms with Crippen LogP contribution in [0.3, 0.4) is 0 Å². The molecule has 3 nitrogen and oxygen atoms in total. The van der Waals surface area contributed by atoms with Crippen molar-refractivity contribution in [3.05, 3.63) is 0 Å². The van der Waals surface area contributed by atoms with E-state index in [1.807, 2.05) is 0 Å². The van der Waals surface area contributed by atoms with Crippen LogP contribution in [0.1, 0.15) is 0 Å². The molecule has 62 valence electrons. The second-order valence-corrected chi connectivity index (χ2v) is 4.23. The van der Waals surface area contributed by atoms with E-state index in [0.717, 1.165) is 7.05 Å². The van der Waals surface area contributed by atoms with Crippen LogP contribution in [0.4, 0.5) is 8.78 Å². The molecule has 0 aliphatic carbocycles. The Hall–Kier alpha value is 0.0600. The van der Waals surface area contributed by atoms with Crippen molar-refractivity contribution < 1.29 is 17.2 Å². The fourth-order valence-corrected chi connectivity index (χ4v) is 0.743. The molecule has 0 aromatic carbocycles. The predicted octanol–water partition coefficient (Wildman–Crippen LogP) is 0.667. The summed E-state index contributed by atoms with van der Waals surface area (Å²) in [6.07, 6.45) is -2.70. The Kier molecular flexibility index (Phi) is 3.47. The summed E-state index contributed by atoms with van der Waals surface area (Å²) in [6.45, 7) is -0.869. The van der Waals surface area contributed by atoms with Crippen molar-refractivity contribution in [3.8, 4) is 0 Å². The quantitative estimate of drug-likeness (QED) is 0.618. The number of rotatable bonds is 3. The van der Waals surface area contributed by atoms with Gasteiger partial charge in [-0.05, 0) is 0 Å². The second-order valence-electron chi connectivity index (χ2n) is 1.61. The molecule has 0 unspecified atom stereocenters. The van der Waals surface area contributed by atoms with E-state index in [1.165, 1.54) is 0 Å². The number of alkyl halides is 2. The van der Waals surface area contributed by atoms with Crippen LogP contribution in [0.25, 0.3) is 0 Å². The van der Waals surface area contributed by atoms with E-state index in [9.17, 15) is 17.2 Å². The summed E-state index contributed by atoms with van der Waals surface area (Å²) in [5.74, 6) is 0. The van der Waals surface area contributed by atoms with E-state index in [1.54, 1.807) is 0 Å². The zero-order chi connectivity index (χ0) is 8.36. The first-order chi connectivity index (χ1) is 4.34. The molecule has 10 heavy (non-hydrogen) atoms. The highest BCUT2D eigenvalue weighted by Gasteiger charge is 2.17. The summed E-state index contributed by atoms with van der Waals surface area (Å²) >= 11 is 0. The van der Waals surface area contributed by atoms with Crippen LogP contribution in [-0.4, -0.2) is 32.7 Å². The zero-order valence-electron chi connectivity index (χ0n) is 5.09. The van der Waals surface area contributed by atoms with Crippen molar-refractivity contribution >= 4 is 19.9 Å². The number of nitrogens with zero attached hydrogens (tertiary/aromatic N) is 1. The van der Waals surface area contributed by atoms with Crippen LogP contribution in [0, 0.1) is 0 Å². The fourth-order valence-electron chi connectivity index (χ4n) is 0.283. The van der Waals surface area contributed by atoms with E-state index in [4.69, 9.17) is 10.7 Å². The van der Waals surface area contributed by atoms with Crippen LogP contribution in [-0.2, 0) is 9.24 Å². The minimum atomic E-state index is -3.97. The van der Waals surface area contributed by atoms with E-state index in [2.05, 4.69) is 0 Å². The Bertz CT molecular complexity index is 193. The molecule has 0 radical (unpaired) electrons. The summed E-state index contributed by atoms with van der Waals surface area (Å²) < 4.78 is 43.7. The van der Waals surface area contributed by atoms with Crippen molar-refractivity contribution in [2.45, 2.75) is 6.43 Å².